The van der Waals surface area contributed by atoms with E-state index in [2.05, 4.69) is 22.3 Å². The zero-order valence-corrected chi connectivity index (χ0v) is 14.0. The van der Waals surface area contributed by atoms with Gasteiger partial charge in [-0.2, -0.15) is 5.10 Å². The van der Waals surface area contributed by atoms with Crippen LogP contribution in [0.2, 0.25) is 0 Å². The van der Waals surface area contributed by atoms with Crippen LogP contribution in [0.15, 0.2) is 12.7 Å². The van der Waals surface area contributed by atoms with E-state index < -0.39 is 5.60 Å². The Balaban J connectivity index is 1.81. The average Bonchev–Trinajstić information content (AvgIpc) is 2.89. The third-order valence-corrected chi connectivity index (χ3v) is 3.52. The normalized spacial score (nSPS) is 20.7. The Kier molecular flexibility index (Phi) is 5.39. The van der Waals surface area contributed by atoms with Crippen LogP contribution < -0.4 is 5.32 Å². The van der Waals surface area contributed by atoms with Crippen LogP contribution in [0, 0.1) is 0 Å². The standard InChI is InChI=1S/C15H27N5O2/c1-12(8-20-11-16-10-17-20)18-13-6-5-7-19(9-13)14(21)22-15(2,3)4/h10-13,18H,5-9H2,1-4H3. The van der Waals surface area contributed by atoms with Crippen molar-refractivity contribution >= 4 is 6.09 Å². The highest BCUT2D eigenvalue weighted by Gasteiger charge is 2.28. The van der Waals surface area contributed by atoms with Crippen molar-refractivity contribution in [3.63, 3.8) is 0 Å². The Morgan fingerprint density at radius 3 is 2.91 bits per heavy atom. The van der Waals surface area contributed by atoms with Crippen LogP contribution in [0.1, 0.15) is 40.5 Å². The third-order valence-electron chi connectivity index (χ3n) is 3.52. The maximum Gasteiger partial charge on any atom is 0.410 e. The van der Waals surface area contributed by atoms with Crippen molar-refractivity contribution in [2.45, 2.75) is 64.8 Å². The highest BCUT2D eigenvalue weighted by molar-refractivity contribution is 5.68. The Labute approximate surface area is 132 Å². The number of amides is 1. The van der Waals surface area contributed by atoms with Gasteiger partial charge in [-0.3, -0.25) is 4.68 Å². The second-order valence-corrected chi connectivity index (χ2v) is 6.95. The van der Waals surface area contributed by atoms with Crippen molar-refractivity contribution in [1.82, 2.24) is 25.0 Å². The molecule has 0 spiro atoms. The largest absolute Gasteiger partial charge is 0.444 e. The fourth-order valence-corrected chi connectivity index (χ4v) is 2.67. The van der Waals surface area contributed by atoms with Crippen LogP contribution in [0.25, 0.3) is 0 Å². The summed E-state index contributed by atoms with van der Waals surface area (Å²) in [5.41, 5.74) is -0.447. The summed E-state index contributed by atoms with van der Waals surface area (Å²) in [6.45, 7) is 10.0. The highest BCUT2D eigenvalue weighted by atomic mass is 16.6. The maximum atomic E-state index is 12.2. The van der Waals surface area contributed by atoms with Crippen LogP contribution in [0.3, 0.4) is 0 Å². The number of aromatic nitrogens is 3. The molecule has 0 saturated carbocycles. The molecular formula is C15H27N5O2. The minimum absolute atomic E-state index is 0.220. The first-order chi connectivity index (χ1) is 10.3. The fourth-order valence-electron chi connectivity index (χ4n) is 2.67. The fraction of sp³-hybridized carbons (Fsp3) is 0.800. The van der Waals surface area contributed by atoms with Gasteiger partial charge in [-0.05, 0) is 40.5 Å². The molecule has 7 heteroatoms. The first-order valence-corrected chi connectivity index (χ1v) is 7.90. The van der Waals surface area contributed by atoms with Gasteiger partial charge in [0.05, 0.1) is 6.54 Å². The van der Waals surface area contributed by atoms with Crippen molar-refractivity contribution in [2.75, 3.05) is 13.1 Å². The average molecular weight is 309 g/mol. The van der Waals surface area contributed by atoms with Gasteiger partial charge >= 0.3 is 6.09 Å². The van der Waals surface area contributed by atoms with Crippen molar-refractivity contribution in [3.8, 4) is 0 Å². The number of carbonyl (C=O) groups excluding carboxylic acids is 1. The van der Waals surface area contributed by atoms with E-state index >= 15 is 0 Å². The Morgan fingerprint density at radius 1 is 1.50 bits per heavy atom. The molecule has 22 heavy (non-hydrogen) atoms. The maximum absolute atomic E-state index is 12.2. The molecule has 2 rings (SSSR count). The van der Waals surface area contributed by atoms with E-state index in [-0.39, 0.29) is 12.1 Å². The Bertz CT molecular complexity index is 469. The monoisotopic (exact) mass is 309 g/mol. The number of nitrogens with zero attached hydrogens (tertiary/aromatic N) is 4. The van der Waals surface area contributed by atoms with E-state index in [9.17, 15) is 4.79 Å². The second-order valence-electron chi connectivity index (χ2n) is 6.95. The lowest BCUT2D eigenvalue weighted by Crippen LogP contribution is -2.51. The zero-order valence-electron chi connectivity index (χ0n) is 14.0. The number of carbonyl (C=O) groups is 1. The number of ether oxygens (including phenoxy) is 1. The second kappa shape index (κ2) is 7.09. The summed E-state index contributed by atoms with van der Waals surface area (Å²) in [4.78, 5) is 17.9. The summed E-state index contributed by atoms with van der Waals surface area (Å²) < 4.78 is 7.26. The summed E-state index contributed by atoms with van der Waals surface area (Å²) >= 11 is 0. The number of piperidine rings is 1. The van der Waals surface area contributed by atoms with Crippen LogP contribution in [0.5, 0.6) is 0 Å². The molecule has 0 bridgehead atoms. The van der Waals surface area contributed by atoms with E-state index in [0.717, 1.165) is 25.9 Å². The van der Waals surface area contributed by atoms with Gasteiger partial charge in [0, 0.05) is 25.2 Å². The first kappa shape index (κ1) is 16.7. The number of rotatable bonds is 4. The molecule has 1 aliphatic rings. The molecule has 1 N–H and O–H groups in total. The number of hydrogen-bond donors (Lipinski definition) is 1. The third kappa shape index (κ3) is 5.29. The Hall–Kier alpha value is -1.63. The lowest BCUT2D eigenvalue weighted by Gasteiger charge is -2.35. The molecule has 2 heterocycles. The molecule has 0 aromatic carbocycles. The van der Waals surface area contributed by atoms with Crippen molar-refractivity contribution in [1.29, 1.82) is 0 Å². The van der Waals surface area contributed by atoms with Crippen LogP contribution in [-0.2, 0) is 11.3 Å². The molecule has 7 nitrogen and oxygen atoms in total. The predicted molar refractivity (Wildman–Crippen MR) is 83.4 cm³/mol. The van der Waals surface area contributed by atoms with Crippen LogP contribution >= 0.6 is 0 Å². The van der Waals surface area contributed by atoms with Gasteiger partial charge in [0.15, 0.2) is 0 Å². The molecule has 1 aromatic rings. The lowest BCUT2D eigenvalue weighted by atomic mass is 10.1. The number of nitrogens with one attached hydrogen (secondary N) is 1. The Morgan fingerprint density at radius 2 is 2.27 bits per heavy atom. The van der Waals surface area contributed by atoms with Gasteiger partial charge < -0.3 is 15.0 Å². The van der Waals surface area contributed by atoms with E-state index in [1.165, 1.54) is 6.33 Å². The van der Waals surface area contributed by atoms with Crippen LogP contribution in [-0.4, -0.2) is 56.5 Å². The SMILES string of the molecule is CC(Cn1cncn1)NC1CCCN(C(=O)OC(C)(C)C)C1. The van der Waals surface area contributed by atoms with E-state index in [1.807, 2.05) is 25.5 Å². The molecule has 124 valence electrons. The summed E-state index contributed by atoms with van der Waals surface area (Å²) in [6, 6.07) is 0.560. The van der Waals surface area contributed by atoms with Gasteiger partial charge in [-0.1, -0.05) is 0 Å². The molecule has 2 atom stereocenters. The number of likely N-dealkylation sites (tertiary alicyclic amines) is 1. The van der Waals surface area contributed by atoms with E-state index in [4.69, 9.17) is 4.74 Å². The molecule has 2 unspecified atom stereocenters. The van der Waals surface area contributed by atoms with Crippen LogP contribution in [0.4, 0.5) is 4.79 Å². The zero-order chi connectivity index (χ0) is 16.2. The molecule has 0 radical (unpaired) electrons. The minimum atomic E-state index is -0.447. The molecule has 1 saturated heterocycles. The van der Waals surface area contributed by atoms with Crippen molar-refractivity contribution < 1.29 is 9.53 Å². The van der Waals surface area contributed by atoms with E-state index in [1.54, 1.807) is 11.2 Å². The van der Waals surface area contributed by atoms with E-state index in [0.29, 0.717) is 12.6 Å². The van der Waals surface area contributed by atoms with Crippen molar-refractivity contribution in [2.24, 2.45) is 0 Å². The molecule has 0 aliphatic carbocycles. The smallest absolute Gasteiger partial charge is 0.410 e. The molecular weight excluding hydrogens is 282 g/mol. The van der Waals surface area contributed by atoms with Gasteiger partial charge in [-0.15, -0.1) is 0 Å². The van der Waals surface area contributed by atoms with Gasteiger partial charge in [-0.25, -0.2) is 9.78 Å². The molecule has 1 amide bonds. The van der Waals surface area contributed by atoms with Gasteiger partial charge in [0.2, 0.25) is 0 Å². The summed E-state index contributed by atoms with van der Waals surface area (Å²) in [5.74, 6) is 0. The summed E-state index contributed by atoms with van der Waals surface area (Å²) in [7, 11) is 0. The molecule has 1 aliphatic heterocycles. The van der Waals surface area contributed by atoms with Gasteiger partial charge in [0.1, 0.15) is 18.3 Å². The minimum Gasteiger partial charge on any atom is -0.444 e. The first-order valence-electron chi connectivity index (χ1n) is 7.90. The summed E-state index contributed by atoms with van der Waals surface area (Å²) in [5, 5.41) is 7.68. The predicted octanol–water partition coefficient (Wildman–Crippen LogP) is 1.66. The summed E-state index contributed by atoms with van der Waals surface area (Å²) in [6.07, 6.45) is 5.10. The molecule has 1 aromatic heterocycles. The van der Waals surface area contributed by atoms with Crippen molar-refractivity contribution in [3.05, 3.63) is 12.7 Å². The lowest BCUT2D eigenvalue weighted by molar-refractivity contribution is 0.0183. The van der Waals surface area contributed by atoms with Gasteiger partial charge in [0.25, 0.3) is 0 Å². The highest BCUT2D eigenvalue weighted by Crippen LogP contribution is 2.15. The molecule has 1 fully saturated rings. The topological polar surface area (TPSA) is 72.3 Å². The number of hydrogen-bond acceptors (Lipinski definition) is 5. The quantitative estimate of drug-likeness (QED) is 0.915.